The van der Waals surface area contributed by atoms with Gasteiger partial charge in [0.25, 0.3) is 10.0 Å². The zero-order valence-corrected chi connectivity index (χ0v) is 17.9. The van der Waals surface area contributed by atoms with Crippen molar-refractivity contribution in [1.29, 1.82) is 0 Å². The molecule has 0 amide bonds. The molecule has 6 nitrogen and oxygen atoms in total. The molecule has 0 aliphatic carbocycles. The van der Waals surface area contributed by atoms with Crippen LogP contribution in [0.15, 0.2) is 53.9 Å². The largest absolute Gasteiger partial charge is 0.339 e. The number of piperidine rings is 1. The molecule has 3 heterocycles. The summed E-state index contributed by atoms with van der Waals surface area (Å²) in [6.07, 6.45) is 5.38. The zero-order valence-electron chi connectivity index (χ0n) is 17.1. The van der Waals surface area contributed by atoms with Gasteiger partial charge in [0.15, 0.2) is 5.03 Å². The normalized spacial score (nSPS) is 17.9. The molecule has 0 radical (unpaired) electrons. The predicted octanol–water partition coefficient (Wildman–Crippen LogP) is 3.42. The van der Waals surface area contributed by atoms with Crippen molar-refractivity contribution in [1.82, 2.24) is 18.8 Å². The minimum absolute atomic E-state index is 0.0316. The van der Waals surface area contributed by atoms with Crippen LogP contribution in [0.4, 0.5) is 4.39 Å². The Morgan fingerprint density at radius 2 is 1.93 bits per heavy atom. The summed E-state index contributed by atoms with van der Waals surface area (Å²) >= 11 is 0. The number of pyridine rings is 1. The lowest BCUT2D eigenvalue weighted by atomic mass is 9.93. The lowest BCUT2D eigenvalue weighted by Crippen LogP contribution is -2.39. The Balaban J connectivity index is 1.56. The van der Waals surface area contributed by atoms with Crippen LogP contribution in [0.5, 0.6) is 0 Å². The number of imidazole rings is 1. The molecule has 8 heteroatoms. The highest BCUT2D eigenvalue weighted by atomic mass is 32.2. The third kappa shape index (κ3) is 4.44. The van der Waals surface area contributed by atoms with Crippen molar-refractivity contribution in [3.8, 4) is 0 Å². The zero-order chi connectivity index (χ0) is 21.3. The molecule has 158 valence electrons. The van der Waals surface area contributed by atoms with Crippen molar-refractivity contribution < 1.29 is 12.8 Å². The van der Waals surface area contributed by atoms with Gasteiger partial charge in [-0.05, 0) is 61.6 Å². The molecule has 0 saturated carbocycles. The number of benzene rings is 1. The Hall–Kier alpha value is -2.58. The van der Waals surface area contributed by atoms with Gasteiger partial charge in [0, 0.05) is 43.6 Å². The maximum Gasteiger partial charge on any atom is 0.262 e. The topological polar surface area (TPSA) is 68.1 Å². The Morgan fingerprint density at radius 1 is 1.17 bits per heavy atom. The van der Waals surface area contributed by atoms with E-state index in [1.54, 1.807) is 23.7 Å². The highest BCUT2D eigenvalue weighted by molar-refractivity contribution is 7.89. The quantitative estimate of drug-likeness (QED) is 0.625. The third-order valence-electron chi connectivity index (χ3n) is 5.44. The molecule has 0 bridgehead atoms. The number of rotatable bonds is 5. The summed E-state index contributed by atoms with van der Waals surface area (Å²) in [6, 6.07) is 10.6. The van der Waals surface area contributed by atoms with Crippen molar-refractivity contribution in [3.63, 3.8) is 0 Å². The van der Waals surface area contributed by atoms with Crippen LogP contribution in [0.25, 0.3) is 0 Å². The molecule has 1 aliphatic rings. The Labute approximate surface area is 176 Å². The summed E-state index contributed by atoms with van der Waals surface area (Å²) in [6.45, 7) is 2.83. The summed E-state index contributed by atoms with van der Waals surface area (Å²) in [4.78, 5) is 8.74. The number of hydrogen-bond donors (Lipinski definition) is 0. The fraction of sp³-hybridized carbons (Fsp3) is 0.364. The minimum Gasteiger partial charge on any atom is -0.339 e. The van der Waals surface area contributed by atoms with Crippen LogP contribution >= 0.6 is 0 Å². The van der Waals surface area contributed by atoms with Crippen LogP contribution in [-0.4, -0.2) is 40.3 Å². The van der Waals surface area contributed by atoms with Crippen LogP contribution in [0.3, 0.4) is 0 Å². The summed E-state index contributed by atoms with van der Waals surface area (Å²) in [5.74, 6) is -0.217. The van der Waals surface area contributed by atoms with Crippen molar-refractivity contribution in [2.45, 2.75) is 37.1 Å². The average molecular weight is 429 g/mol. The van der Waals surface area contributed by atoms with E-state index in [2.05, 4.69) is 11.1 Å². The van der Waals surface area contributed by atoms with E-state index in [0.29, 0.717) is 19.5 Å². The molecule has 1 fully saturated rings. The van der Waals surface area contributed by atoms with E-state index in [0.717, 1.165) is 35.4 Å². The SMILES string of the molecule is Cc1cc(Cc2ccc(F)cc2)cc(C2CCCN(S(=O)(=O)c3cn(C)cn3)C2)n1. The van der Waals surface area contributed by atoms with Crippen LogP contribution in [-0.2, 0) is 23.5 Å². The second kappa shape index (κ2) is 8.28. The third-order valence-corrected chi connectivity index (χ3v) is 7.19. The van der Waals surface area contributed by atoms with Gasteiger partial charge < -0.3 is 4.57 Å². The molecule has 0 spiro atoms. The predicted molar refractivity (Wildman–Crippen MR) is 112 cm³/mol. The molecule has 3 aromatic rings. The van der Waals surface area contributed by atoms with E-state index in [1.807, 2.05) is 13.0 Å². The number of nitrogens with zero attached hydrogens (tertiary/aromatic N) is 4. The van der Waals surface area contributed by atoms with Gasteiger partial charge in [-0.3, -0.25) is 4.98 Å². The van der Waals surface area contributed by atoms with Crippen LogP contribution in [0.1, 0.15) is 41.3 Å². The van der Waals surface area contributed by atoms with E-state index >= 15 is 0 Å². The number of aryl methyl sites for hydroxylation is 2. The lowest BCUT2D eigenvalue weighted by Gasteiger charge is -2.31. The van der Waals surface area contributed by atoms with E-state index in [4.69, 9.17) is 4.98 Å². The van der Waals surface area contributed by atoms with Crippen molar-refractivity contribution >= 4 is 10.0 Å². The molecule has 30 heavy (non-hydrogen) atoms. The first kappa shape index (κ1) is 20.7. The molecule has 0 N–H and O–H groups in total. The first-order valence-electron chi connectivity index (χ1n) is 10.0. The fourth-order valence-electron chi connectivity index (χ4n) is 3.97. The van der Waals surface area contributed by atoms with E-state index in [9.17, 15) is 12.8 Å². The second-order valence-corrected chi connectivity index (χ2v) is 9.81. The van der Waals surface area contributed by atoms with Crippen LogP contribution in [0.2, 0.25) is 0 Å². The van der Waals surface area contributed by atoms with Crippen molar-refractivity contribution in [2.24, 2.45) is 7.05 Å². The van der Waals surface area contributed by atoms with Gasteiger partial charge in [0.1, 0.15) is 5.82 Å². The highest BCUT2D eigenvalue weighted by Gasteiger charge is 2.33. The number of aromatic nitrogens is 3. The molecule has 4 rings (SSSR count). The monoisotopic (exact) mass is 428 g/mol. The molecule has 2 aromatic heterocycles. The molecule has 1 atom stereocenters. The fourth-order valence-corrected chi connectivity index (χ4v) is 5.46. The summed E-state index contributed by atoms with van der Waals surface area (Å²) < 4.78 is 42.3. The van der Waals surface area contributed by atoms with Crippen LogP contribution < -0.4 is 0 Å². The number of sulfonamides is 1. The maximum absolute atomic E-state index is 13.2. The average Bonchev–Trinajstić information content (AvgIpc) is 3.17. The minimum atomic E-state index is -3.62. The Morgan fingerprint density at radius 3 is 2.63 bits per heavy atom. The van der Waals surface area contributed by atoms with Gasteiger partial charge >= 0.3 is 0 Å². The standard InChI is InChI=1S/C22H25FN4O2S/c1-16-10-18(11-17-5-7-20(23)8-6-17)12-21(25-16)19-4-3-9-27(13-19)30(28,29)22-14-26(2)15-24-22/h5-8,10,12,14-15,19H,3-4,9,11,13H2,1-2H3. The van der Waals surface area contributed by atoms with E-state index in [1.165, 1.54) is 29.0 Å². The molecule has 1 aromatic carbocycles. The van der Waals surface area contributed by atoms with Crippen molar-refractivity contribution in [2.75, 3.05) is 13.1 Å². The summed E-state index contributed by atoms with van der Waals surface area (Å²) in [5.41, 5.74) is 3.92. The summed E-state index contributed by atoms with van der Waals surface area (Å²) in [7, 11) is -1.86. The van der Waals surface area contributed by atoms with Gasteiger partial charge in [-0.25, -0.2) is 17.8 Å². The molecular formula is C22H25FN4O2S. The van der Waals surface area contributed by atoms with Gasteiger partial charge in [0.2, 0.25) is 0 Å². The molecule has 1 unspecified atom stereocenters. The first-order chi connectivity index (χ1) is 14.3. The maximum atomic E-state index is 13.2. The van der Waals surface area contributed by atoms with E-state index < -0.39 is 10.0 Å². The van der Waals surface area contributed by atoms with Crippen LogP contribution in [0, 0.1) is 12.7 Å². The molecule has 1 saturated heterocycles. The first-order valence-corrected chi connectivity index (χ1v) is 11.5. The number of halogens is 1. The lowest BCUT2D eigenvalue weighted by molar-refractivity contribution is 0.311. The molecule has 1 aliphatic heterocycles. The molecular weight excluding hydrogens is 403 g/mol. The van der Waals surface area contributed by atoms with Gasteiger partial charge in [-0.1, -0.05) is 12.1 Å². The Kier molecular flexibility index (Phi) is 5.71. The van der Waals surface area contributed by atoms with Crippen molar-refractivity contribution in [3.05, 3.63) is 77.3 Å². The summed E-state index contributed by atoms with van der Waals surface area (Å²) in [5, 5.41) is 0.0832. The van der Waals surface area contributed by atoms with E-state index in [-0.39, 0.29) is 16.8 Å². The Bertz CT molecular complexity index is 1140. The van der Waals surface area contributed by atoms with Gasteiger partial charge in [-0.15, -0.1) is 0 Å². The smallest absolute Gasteiger partial charge is 0.262 e. The highest BCUT2D eigenvalue weighted by Crippen LogP contribution is 2.30. The number of hydrogen-bond acceptors (Lipinski definition) is 4. The van der Waals surface area contributed by atoms with Gasteiger partial charge in [0.05, 0.1) is 6.33 Å². The second-order valence-electron chi connectivity index (χ2n) is 7.92. The van der Waals surface area contributed by atoms with Gasteiger partial charge in [-0.2, -0.15) is 4.31 Å².